The van der Waals surface area contributed by atoms with Gasteiger partial charge in [0.15, 0.2) is 0 Å². The molecule has 0 saturated carbocycles. The number of hydrogen-bond donors (Lipinski definition) is 2. The molecule has 0 bridgehead atoms. The highest BCUT2D eigenvalue weighted by Crippen LogP contribution is 2.34. The number of carbonyl (C=O) groups excluding carboxylic acids is 1. The maximum Gasteiger partial charge on any atom is 0.228 e. The molecule has 0 aromatic heterocycles. The molecule has 0 radical (unpaired) electrons. The van der Waals surface area contributed by atoms with Gasteiger partial charge >= 0.3 is 0 Å². The Morgan fingerprint density at radius 2 is 2.25 bits per heavy atom. The Balaban J connectivity index is 2.02. The van der Waals surface area contributed by atoms with Crippen LogP contribution in [0.25, 0.3) is 0 Å². The van der Waals surface area contributed by atoms with E-state index < -0.39 is 0 Å². The zero-order valence-corrected chi connectivity index (χ0v) is 9.88. The lowest BCUT2D eigenvalue weighted by molar-refractivity contribution is -0.123. The van der Waals surface area contributed by atoms with E-state index in [0.717, 1.165) is 12.0 Å². The van der Waals surface area contributed by atoms with Crippen molar-refractivity contribution in [3.8, 4) is 0 Å². The third kappa shape index (κ3) is 1.93. The van der Waals surface area contributed by atoms with Crippen LogP contribution in [0.4, 0.5) is 0 Å². The van der Waals surface area contributed by atoms with Crippen molar-refractivity contribution in [2.24, 2.45) is 5.73 Å². The van der Waals surface area contributed by atoms with Gasteiger partial charge < -0.3 is 11.1 Å². The molecule has 1 aliphatic rings. The van der Waals surface area contributed by atoms with Crippen molar-refractivity contribution in [3.05, 3.63) is 35.4 Å². The summed E-state index contributed by atoms with van der Waals surface area (Å²) < 4.78 is 0. The number of rotatable bonds is 3. The third-order valence-electron chi connectivity index (χ3n) is 2.96. The summed E-state index contributed by atoms with van der Waals surface area (Å²) in [4.78, 5) is 12.2. The highest BCUT2D eigenvalue weighted by atomic mass is 32.1. The molecule has 1 aliphatic carbocycles. The smallest absolute Gasteiger partial charge is 0.228 e. The van der Waals surface area contributed by atoms with E-state index in [1.54, 1.807) is 6.92 Å². The number of fused-ring (bicyclic) bond motifs is 1. The average Bonchev–Trinajstić information content (AvgIpc) is 2.19. The quantitative estimate of drug-likeness (QED) is 0.771. The Bertz CT molecular complexity index is 444. The monoisotopic (exact) mass is 234 g/mol. The summed E-state index contributed by atoms with van der Waals surface area (Å²) in [6, 6.07) is 7.75. The number of carbonyl (C=O) groups is 1. The summed E-state index contributed by atoms with van der Waals surface area (Å²) in [7, 11) is 0. The van der Waals surface area contributed by atoms with Crippen LogP contribution in [-0.2, 0) is 11.2 Å². The molecular weight excluding hydrogens is 220 g/mol. The van der Waals surface area contributed by atoms with Crippen molar-refractivity contribution >= 4 is 23.1 Å². The van der Waals surface area contributed by atoms with Gasteiger partial charge in [0.2, 0.25) is 5.91 Å². The zero-order chi connectivity index (χ0) is 11.7. The fourth-order valence-corrected chi connectivity index (χ4v) is 1.94. The first-order chi connectivity index (χ1) is 7.59. The van der Waals surface area contributed by atoms with Crippen LogP contribution in [0.1, 0.15) is 24.0 Å². The molecule has 3 nitrogen and oxygen atoms in total. The summed E-state index contributed by atoms with van der Waals surface area (Å²) >= 11 is 4.82. The first-order valence-electron chi connectivity index (χ1n) is 5.27. The number of benzene rings is 1. The molecule has 0 fully saturated rings. The van der Waals surface area contributed by atoms with Crippen molar-refractivity contribution in [1.82, 2.24) is 5.32 Å². The second kappa shape index (κ2) is 4.22. The van der Waals surface area contributed by atoms with Crippen molar-refractivity contribution in [2.45, 2.75) is 25.3 Å². The summed E-state index contributed by atoms with van der Waals surface area (Å²) in [6.45, 7) is 1.80. The van der Waals surface area contributed by atoms with Crippen molar-refractivity contribution in [1.29, 1.82) is 0 Å². The Labute approximate surface area is 100 Å². The maximum absolute atomic E-state index is 11.9. The Kier molecular flexibility index (Phi) is 2.92. The maximum atomic E-state index is 11.9. The molecule has 16 heavy (non-hydrogen) atoms. The second-order valence-corrected chi connectivity index (χ2v) is 4.56. The average molecular weight is 234 g/mol. The summed E-state index contributed by atoms with van der Waals surface area (Å²) in [5, 5.41) is 2.82. The largest absolute Gasteiger partial charge is 0.392 e. The highest BCUT2D eigenvalue weighted by Gasteiger charge is 2.32. The van der Waals surface area contributed by atoms with Crippen molar-refractivity contribution in [3.63, 3.8) is 0 Å². The van der Waals surface area contributed by atoms with Crippen LogP contribution < -0.4 is 11.1 Å². The number of nitrogens with one attached hydrogen (secondary N) is 1. The second-order valence-electron chi connectivity index (χ2n) is 4.09. The third-order valence-corrected chi connectivity index (χ3v) is 3.31. The van der Waals surface area contributed by atoms with E-state index >= 15 is 0 Å². The van der Waals surface area contributed by atoms with Gasteiger partial charge in [-0.1, -0.05) is 36.5 Å². The van der Waals surface area contributed by atoms with Gasteiger partial charge in [-0.25, -0.2) is 0 Å². The van der Waals surface area contributed by atoms with Crippen LogP contribution in [0.2, 0.25) is 0 Å². The molecule has 0 spiro atoms. The van der Waals surface area contributed by atoms with Gasteiger partial charge in [0, 0.05) is 0 Å². The molecule has 3 N–H and O–H groups in total. The fourth-order valence-electron chi connectivity index (χ4n) is 1.88. The van der Waals surface area contributed by atoms with Crippen LogP contribution in [0.15, 0.2) is 24.3 Å². The molecule has 1 amide bonds. The van der Waals surface area contributed by atoms with E-state index in [4.69, 9.17) is 18.0 Å². The molecule has 2 rings (SSSR count). The lowest BCUT2D eigenvalue weighted by atomic mass is 9.77. The van der Waals surface area contributed by atoms with E-state index in [9.17, 15) is 4.79 Å². The van der Waals surface area contributed by atoms with E-state index in [-0.39, 0.29) is 17.9 Å². The highest BCUT2D eigenvalue weighted by molar-refractivity contribution is 7.80. The minimum Gasteiger partial charge on any atom is -0.392 e. The summed E-state index contributed by atoms with van der Waals surface area (Å²) in [5.41, 5.74) is 7.83. The zero-order valence-electron chi connectivity index (χ0n) is 9.07. The first kappa shape index (κ1) is 11.1. The lowest BCUT2D eigenvalue weighted by Crippen LogP contribution is -2.45. The Hall–Kier alpha value is -1.42. The summed E-state index contributed by atoms with van der Waals surface area (Å²) in [5.74, 6) is -0.0213. The molecular formula is C12H14N2OS. The van der Waals surface area contributed by atoms with Crippen LogP contribution >= 0.6 is 12.2 Å². The van der Waals surface area contributed by atoms with E-state index in [1.807, 2.05) is 18.2 Å². The molecule has 84 valence electrons. The molecule has 2 atom stereocenters. The minimum absolute atomic E-state index is 0.0130. The number of hydrogen-bond acceptors (Lipinski definition) is 2. The topological polar surface area (TPSA) is 55.1 Å². The molecule has 0 aliphatic heterocycles. The van der Waals surface area contributed by atoms with E-state index in [1.165, 1.54) is 5.56 Å². The van der Waals surface area contributed by atoms with Crippen molar-refractivity contribution in [2.75, 3.05) is 0 Å². The predicted molar refractivity (Wildman–Crippen MR) is 67.3 cm³/mol. The number of amides is 1. The van der Waals surface area contributed by atoms with Crippen LogP contribution in [0.3, 0.4) is 0 Å². The first-order valence-corrected chi connectivity index (χ1v) is 5.68. The predicted octanol–water partition coefficient (Wildman–Crippen LogP) is 1.12. The van der Waals surface area contributed by atoms with E-state index in [2.05, 4.69) is 11.4 Å². The van der Waals surface area contributed by atoms with Gasteiger partial charge in [-0.3, -0.25) is 4.79 Å². The minimum atomic E-state index is -0.240. The normalized spacial score (nSPS) is 19.2. The van der Waals surface area contributed by atoms with Gasteiger partial charge in [-0.2, -0.15) is 0 Å². The molecule has 2 unspecified atom stereocenters. The fraction of sp³-hybridized carbons (Fsp3) is 0.333. The molecule has 0 heterocycles. The molecule has 0 saturated heterocycles. The van der Waals surface area contributed by atoms with Crippen molar-refractivity contribution < 1.29 is 4.79 Å². The molecule has 1 aromatic carbocycles. The van der Waals surface area contributed by atoms with Gasteiger partial charge in [0.25, 0.3) is 0 Å². The number of thiocarbonyl (C=S) groups is 1. The number of nitrogens with two attached hydrogens (primary N) is 1. The molecule has 1 aromatic rings. The van der Waals surface area contributed by atoms with Gasteiger partial charge in [-0.05, 0) is 24.5 Å². The lowest BCUT2D eigenvalue weighted by Gasteiger charge is -2.29. The summed E-state index contributed by atoms with van der Waals surface area (Å²) in [6.07, 6.45) is 0.812. The van der Waals surface area contributed by atoms with Crippen LogP contribution in [0.5, 0.6) is 0 Å². The van der Waals surface area contributed by atoms with Crippen LogP contribution in [0, 0.1) is 0 Å². The van der Waals surface area contributed by atoms with Gasteiger partial charge in [-0.15, -0.1) is 0 Å². The van der Waals surface area contributed by atoms with E-state index in [0.29, 0.717) is 4.99 Å². The SMILES string of the molecule is CC(NC(=O)C1Cc2ccccc21)C(N)=S. The Morgan fingerprint density at radius 1 is 1.56 bits per heavy atom. The van der Waals surface area contributed by atoms with Gasteiger partial charge in [0.05, 0.1) is 16.9 Å². The standard InChI is InChI=1S/C12H14N2OS/c1-7(11(13)16)14-12(15)10-6-8-4-2-3-5-9(8)10/h2-5,7,10H,6H2,1H3,(H2,13,16)(H,14,15). The molecule has 4 heteroatoms. The van der Waals surface area contributed by atoms with Crippen LogP contribution in [-0.4, -0.2) is 16.9 Å². The van der Waals surface area contributed by atoms with Gasteiger partial charge in [0.1, 0.15) is 0 Å². The Morgan fingerprint density at radius 3 is 2.88 bits per heavy atom.